The molecule has 0 aliphatic carbocycles. The standard InChI is InChI=1S/C15H26N2O3S2/c1-11(8-10-22(5,19)20)16-14(18)17-13(15(2,3)4)12-7-6-9-21-12/h6-7,9,11,13H,8,10H2,1-5H3,(H2,16,17,18)/t11-,13-/m0/s1. The van der Waals surface area contributed by atoms with Crippen LogP contribution in [0.25, 0.3) is 0 Å². The van der Waals surface area contributed by atoms with Crippen molar-refractivity contribution in [1.82, 2.24) is 10.6 Å². The normalized spacial score (nSPS) is 15.1. The van der Waals surface area contributed by atoms with Gasteiger partial charge in [0.2, 0.25) is 0 Å². The lowest BCUT2D eigenvalue weighted by molar-refractivity contribution is 0.216. The second-order valence-corrected chi connectivity index (χ2v) is 9.99. The molecule has 1 heterocycles. The van der Waals surface area contributed by atoms with E-state index in [4.69, 9.17) is 0 Å². The molecule has 0 saturated heterocycles. The molecule has 0 aliphatic rings. The lowest BCUT2D eigenvalue weighted by Gasteiger charge is -2.31. The quantitative estimate of drug-likeness (QED) is 0.831. The first kappa shape index (κ1) is 19.0. The van der Waals surface area contributed by atoms with Gasteiger partial charge in [-0.25, -0.2) is 13.2 Å². The molecule has 0 spiro atoms. The molecule has 2 amide bonds. The van der Waals surface area contributed by atoms with E-state index in [2.05, 4.69) is 31.4 Å². The molecule has 22 heavy (non-hydrogen) atoms. The summed E-state index contributed by atoms with van der Waals surface area (Å²) in [6.45, 7) is 8.03. The fourth-order valence-corrected chi connectivity index (χ4v) is 3.83. The molecule has 7 heteroatoms. The summed E-state index contributed by atoms with van der Waals surface area (Å²) in [6.07, 6.45) is 1.61. The molecule has 0 bridgehead atoms. The van der Waals surface area contributed by atoms with E-state index in [0.29, 0.717) is 6.42 Å². The van der Waals surface area contributed by atoms with Gasteiger partial charge in [0.15, 0.2) is 0 Å². The molecule has 0 fully saturated rings. The van der Waals surface area contributed by atoms with E-state index >= 15 is 0 Å². The van der Waals surface area contributed by atoms with Gasteiger partial charge < -0.3 is 10.6 Å². The lowest BCUT2D eigenvalue weighted by Crippen LogP contribution is -2.45. The van der Waals surface area contributed by atoms with Crippen molar-refractivity contribution in [1.29, 1.82) is 0 Å². The van der Waals surface area contributed by atoms with Gasteiger partial charge in [-0.15, -0.1) is 11.3 Å². The van der Waals surface area contributed by atoms with Crippen LogP contribution in [0.1, 0.15) is 45.0 Å². The highest BCUT2D eigenvalue weighted by atomic mass is 32.2. The van der Waals surface area contributed by atoms with Gasteiger partial charge in [0.25, 0.3) is 0 Å². The minimum Gasteiger partial charge on any atom is -0.336 e. The maximum Gasteiger partial charge on any atom is 0.315 e. The minimum absolute atomic E-state index is 0.0715. The average Bonchev–Trinajstić information content (AvgIpc) is 2.84. The number of carbonyl (C=O) groups excluding carboxylic acids is 1. The molecule has 1 aromatic heterocycles. The van der Waals surface area contributed by atoms with Crippen LogP contribution >= 0.6 is 11.3 Å². The van der Waals surface area contributed by atoms with Crippen LogP contribution in [-0.4, -0.2) is 32.5 Å². The molecule has 0 aromatic carbocycles. The van der Waals surface area contributed by atoms with Crippen LogP contribution in [0.2, 0.25) is 0 Å². The summed E-state index contributed by atoms with van der Waals surface area (Å²) in [5.74, 6) is 0.0715. The largest absolute Gasteiger partial charge is 0.336 e. The SMILES string of the molecule is C[C@@H](CCS(C)(=O)=O)NC(=O)N[C@@H](c1cccs1)C(C)(C)C. The molecule has 0 unspecified atom stereocenters. The number of hydrogen-bond acceptors (Lipinski definition) is 4. The molecule has 0 saturated carbocycles. The highest BCUT2D eigenvalue weighted by Crippen LogP contribution is 2.34. The van der Waals surface area contributed by atoms with Gasteiger partial charge in [0, 0.05) is 17.2 Å². The smallest absolute Gasteiger partial charge is 0.315 e. The van der Waals surface area contributed by atoms with Gasteiger partial charge in [0.05, 0.1) is 11.8 Å². The second-order valence-electron chi connectivity index (χ2n) is 6.75. The summed E-state index contributed by atoms with van der Waals surface area (Å²) in [4.78, 5) is 13.3. The predicted octanol–water partition coefficient (Wildman–Crippen LogP) is 2.96. The Kier molecular flexibility index (Phi) is 6.43. The molecule has 0 radical (unpaired) electrons. The number of urea groups is 1. The number of rotatable bonds is 6. The van der Waals surface area contributed by atoms with Gasteiger partial charge in [-0.1, -0.05) is 26.8 Å². The summed E-state index contributed by atoms with van der Waals surface area (Å²) in [6, 6.07) is 3.42. The van der Waals surface area contributed by atoms with E-state index in [1.54, 1.807) is 11.3 Å². The minimum atomic E-state index is -3.01. The zero-order valence-corrected chi connectivity index (χ0v) is 15.5. The summed E-state index contributed by atoms with van der Waals surface area (Å²) >= 11 is 1.61. The van der Waals surface area contributed by atoms with Gasteiger partial charge in [-0.05, 0) is 30.2 Å². The number of thiophene rings is 1. The monoisotopic (exact) mass is 346 g/mol. The number of hydrogen-bond donors (Lipinski definition) is 2. The van der Waals surface area contributed by atoms with Gasteiger partial charge in [0.1, 0.15) is 9.84 Å². The molecule has 126 valence electrons. The first-order chi connectivity index (χ1) is 9.99. The summed E-state index contributed by atoms with van der Waals surface area (Å²) < 4.78 is 22.3. The highest BCUT2D eigenvalue weighted by Gasteiger charge is 2.28. The van der Waals surface area contributed by atoms with Crippen molar-refractivity contribution >= 4 is 27.2 Å². The van der Waals surface area contributed by atoms with E-state index < -0.39 is 9.84 Å². The Balaban J connectivity index is 2.61. The third kappa shape index (κ3) is 6.79. The number of nitrogens with one attached hydrogen (secondary N) is 2. The Morgan fingerprint density at radius 2 is 1.95 bits per heavy atom. The molecule has 2 atom stereocenters. The zero-order valence-electron chi connectivity index (χ0n) is 13.8. The molecule has 5 nitrogen and oxygen atoms in total. The van der Waals surface area contributed by atoms with Crippen LogP contribution < -0.4 is 10.6 Å². The van der Waals surface area contributed by atoms with E-state index in [9.17, 15) is 13.2 Å². The van der Waals surface area contributed by atoms with Gasteiger partial charge in [-0.2, -0.15) is 0 Å². The average molecular weight is 347 g/mol. The first-order valence-electron chi connectivity index (χ1n) is 7.27. The Morgan fingerprint density at radius 1 is 1.32 bits per heavy atom. The second kappa shape index (κ2) is 7.46. The van der Waals surface area contributed by atoms with Crippen LogP contribution in [0.4, 0.5) is 4.79 Å². The number of carbonyl (C=O) groups is 1. The van der Waals surface area contributed by atoms with E-state index in [1.807, 2.05) is 24.4 Å². The Morgan fingerprint density at radius 3 is 2.41 bits per heavy atom. The van der Waals surface area contributed by atoms with Crippen molar-refractivity contribution < 1.29 is 13.2 Å². The van der Waals surface area contributed by atoms with Crippen LogP contribution in [-0.2, 0) is 9.84 Å². The van der Waals surface area contributed by atoms with Crippen LogP contribution in [0.5, 0.6) is 0 Å². The molecule has 2 N–H and O–H groups in total. The fourth-order valence-electron chi connectivity index (χ4n) is 2.03. The van der Waals surface area contributed by atoms with Crippen molar-refractivity contribution in [3.63, 3.8) is 0 Å². The van der Waals surface area contributed by atoms with Crippen LogP contribution in [0.3, 0.4) is 0 Å². The van der Waals surface area contributed by atoms with Crippen LogP contribution in [0.15, 0.2) is 17.5 Å². The predicted molar refractivity (Wildman–Crippen MR) is 92.0 cm³/mol. The molecule has 1 aromatic rings. The zero-order chi connectivity index (χ0) is 17.0. The Hall–Kier alpha value is -1.08. The molecule has 0 aliphatic heterocycles. The molecule has 1 rings (SSSR count). The van der Waals surface area contributed by atoms with Crippen molar-refractivity contribution in [3.8, 4) is 0 Å². The summed E-state index contributed by atoms with van der Waals surface area (Å²) in [5.41, 5.74) is -0.113. The maximum absolute atomic E-state index is 12.2. The van der Waals surface area contributed by atoms with Crippen molar-refractivity contribution in [3.05, 3.63) is 22.4 Å². The van der Waals surface area contributed by atoms with Crippen LogP contribution in [0, 0.1) is 5.41 Å². The fraction of sp³-hybridized carbons (Fsp3) is 0.667. The lowest BCUT2D eigenvalue weighted by atomic mass is 9.86. The maximum atomic E-state index is 12.2. The van der Waals surface area contributed by atoms with E-state index in [-0.39, 0.29) is 29.3 Å². The number of sulfone groups is 1. The van der Waals surface area contributed by atoms with Crippen molar-refractivity contribution in [2.75, 3.05) is 12.0 Å². The summed E-state index contributed by atoms with van der Waals surface area (Å²) in [7, 11) is -3.01. The number of amides is 2. The topological polar surface area (TPSA) is 75.3 Å². The highest BCUT2D eigenvalue weighted by molar-refractivity contribution is 7.90. The molecular formula is C15H26N2O3S2. The third-order valence-electron chi connectivity index (χ3n) is 3.27. The Labute approximate surface area is 137 Å². The summed E-state index contributed by atoms with van der Waals surface area (Å²) in [5, 5.41) is 7.79. The Bertz CT molecular complexity index is 574. The van der Waals surface area contributed by atoms with Gasteiger partial charge in [-0.3, -0.25) is 0 Å². The first-order valence-corrected chi connectivity index (χ1v) is 10.2. The van der Waals surface area contributed by atoms with Crippen molar-refractivity contribution in [2.45, 2.75) is 46.2 Å². The van der Waals surface area contributed by atoms with E-state index in [1.165, 1.54) is 6.26 Å². The van der Waals surface area contributed by atoms with Gasteiger partial charge >= 0.3 is 6.03 Å². The molecular weight excluding hydrogens is 320 g/mol. The van der Waals surface area contributed by atoms with Crippen molar-refractivity contribution in [2.24, 2.45) is 5.41 Å². The van der Waals surface area contributed by atoms with E-state index in [0.717, 1.165) is 4.88 Å². The third-order valence-corrected chi connectivity index (χ3v) is 5.18.